The molecule has 0 saturated heterocycles. The Morgan fingerprint density at radius 1 is 1.24 bits per heavy atom. The van der Waals surface area contributed by atoms with Crippen LogP contribution in [0.15, 0.2) is 30.5 Å². The zero-order valence-electron chi connectivity index (χ0n) is 11.9. The van der Waals surface area contributed by atoms with Gasteiger partial charge in [-0.2, -0.15) is 13.2 Å². The normalized spacial score (nSPS) is 12.2. The molecule has 0 radical (unpaired) electrons. The lowest BCUT2D eigenvalue weighted by Crippen LogP contribution is -2.13. The highest BCUT2D eigenvalue weighted by Gasteiger charge is 2.27. The lowest BCUT2D eigenvalue weighted by atomic mass is 10.2. The number of fused-ring (bicyclic) bond motifs is 1. The Kier molecular flexibility index (Phi) is 5.58. The molecule has 2 aromatic rings. The van der Waals surface area contributed by atoms with Crippen molar-refractivity contribution in [1.82, 2.24) is 9.88 Å². The van der Waals surface area contributed by atoms with Crippen molar-refractivity contribution in [1.29, 1.82) is 0 Å². The van der Waals surface area contributed by atoms with Crippen molar-refractivity contribution in [3.63, 3.8) is 0 Å². The molecule has 2 nitrogen and oxygen atoms in total. The molecule has 0 fully saturated rings. The first-order valence-corrected chi connectivity index (χ1v) is 7.98. The predicted octanol–water partition coefficient (Wildman–Crippen LogP) is 4.39. The topological polar surface area (TPSA) is 17.0 Å². The van der Waals surface area contributed by atoms with Gasteiger partial charge in [-0.1, -0.05) is 25.1 Å². The number of nitrogens with one attached hydrogen (secondary N) is 1. The van der Waals surface area contributed by atoms with Crippen LogP contribution in [0.1, 0.15) is 18.9 Å². The van der Waals surface area contributed by atoms with Crippen LogP contribution in [-0.2, 0) is 13.1 Å². The molecule has 1 heterocycles. The van der Waals surface area contributed by atoms with Crippen molar-refractivity contribution in [2.75, 3.05) is 12.3 Å². The summed E-state index contributed by atoms with van der Waals surface area (Å²) in [5.74, 6) is 0.0317. The van der Waals surface area contributed by atoms with E-state index in [0.29, 0.717) is 6.54 Å². The van der Waals surface area contributed by atoms with E-state index in [9.17, 15) is 13.2 Å². The predicted molar refractivity (Wildman–Crippen MR) is 82.4 cm³/mol. The Labute approximate surface area is 126 Å². The average Bonchev–Trinajstić information content (AvgIpc) is 2.77. The number of halogens is 3. The first-order valence-electron chi connectivity index (χ1n) is 6.99. The number of aromatic nitrogens is 1. The first-order chi connectivity index (χ1) is 10.0. The fraction of sp³-hybridized carbons (Fsp3) is 0.467. The molecule has 1 aromatic heterocycles. The van der Waals surface area contributed by atoms with Crippen LogP contribution in [0, 0.1) is 0 Å². The Morgan fingerprint density at radius 3 is 2.71 bits per heavy atom. The molecular weight excluding hydrogens is 297 g/mol. The van der Waals surface area contributed by atoms with E-state index in [0.717, 1.165) is 36.0 Å². The first kappa shape index (κ1) is 16.2. The molecular formula is C15H19F3N2S. The average molecular weight is 316 g/mol. The second-order valence-electron chi connectivity index (χ2n) is 4.84. The SMILES string of the molecule is CCCNCc1cn(CCSC(F)(F)F)c2ccccc12. The second kappa shape index (κ2) is 7.22. The Morgan fingerprint density at radius 2 is 2.00 bits per heavy atom. The van der Waals surface area contributed by atoms with Crippen LogP contribution in [0.2, 0.25) is 0 Å². The highest BCUT2D eigenvalue weighted by atomic mass is 32.2. The summed E-state index contributed by atoms with van der Waals surface area (Å²) in [5, 5.41) is 4.45. The van der Waals surface area contributed by atoms with Crippen LogP contribution in [0.5, 0.6) is 0 Å². The summed E-state index contributed by atoms with van der Waals surface area (Å²) in [6, 6.07) is 7.85. The monoisotopic (exact) mass is 316 g/mol. The number of hydrogen-bond donors (Lipinski definition) is 1. The quantitative estimate of drug-likeness (QED) is 0.763. The summed E-state index contributed by atoms with van der Waals surface area (Å²) in [6.45, 7) is 4.14. The van der Waals surface area contributed by atoms with Crippen molar-refractivity contribution in [3.05, 3.63) is 36.0 Å². The molecule has 21 heavy (non-hydrogen) atoms. The van der Waals surface area contributed by atoms with E-state index in [-0.39, 0.29) is 17.5 Å². The molecule has 2 rings (SSSR count). The molecule has 0 spiro atoms. The van der Waals surface area contributed by atoms with Gasteiger partial charge in [-0.05, 0) is 36.4 Å². The van der Waals surface area contributed by atoms with E-state index in [4.69, 9.17) is 0 Å². The maximum atomic E-state index is 12.2. The maximum absolute atomic E-state index is 12.2. The van der Waals surface area contributed by atoms with Crippen molar-refractivity contribution in [2.24, 2.45) is 0 Å². The van der Waals surface area contributed by atoms with Gasteiger partial charge in [-0.15, -0.1) is 0 Å². The van der Waals surface area contributed by atoms with E-state index in [2.05, 4.69) is 12.2 Å². The summed E-state index contributed by atoms with van der Waals surface area (Å²) in [4.78, 5) is 0. The zero-order chi connectivity index (χ0) is 15.3. The van der Waals surface area contributed by atoms with E-state index in [1.54, 1.807) is 0 Å². The van der Waals surface area contributed by atoms with Gasteiger partial charge in [0.15, 0.2) is 0 Å². The van der Waals surface area contributed by atoms with E-state index >= 15 is 0 Å². The van der Waals surface area contributed by atoms with Gasteiger partial charge in [0.05, 0.1) is 0 Å². The lowest BCUT2D eigenvalue weighted by molar-refractivity contribution is -0.0328. The van der Waals surface area contributed by atoms with Crippen molar-refractivity contribution in [3.8, 4) is 0 Å². The minimum Gasteiger partial charge on any atom is -0.346 e. The molecule has 1 N–H and O–H groups in total. The third-order valence-corrected chi connectivity index (χ3v) is 3.93. The van der Waals surface area contributed by atoms with Crippen molar-refractivity contribution in [2.45, 2.75) is 31.9 Å². The number of hydrogen-bond acceptors (Lipinski definition) is 2. The summed E-state index contributed by atoms with van der Waals surface area (Å²) in [6.07, 6.45) is 3.02. The van der Waals surface area contributed by atoms with Crippen molar-refractivity contribution >= 4 is 22.7 Å². The van der Waals surface area contributed by atoms with Crippen LogP contribution >= 0.6 is 11.8 Å². The molecule has 0 saturated carbocycles. The third kappa shape index (κ3) is 4.68. The number of benzene rings is 1. The number of rotatable bonds is 7. The van der Waals surface area contributed by atoms with Gasteiger partial charge in [0.25, 0.3) is 0 Å². The molecule has 0 aliphatic heterocycles. The number of nitrogens with zero attached hydrogens (tertiary/aromatic N) is 1. The number of para-hydroxylation sites is 1. The Balaban J connectivity index is 2.11. The van der Waals surface area contributed by atoms with Gasteiger partial charge >= 0.3 is 5.51 Å². The van der Waals surface area contributed by atoms with Gasteiger partial charge in [0.2, 0.25) is 0 Å². The zero-order valence-corrected chi connectivity index (χ0v) is 12.7. The summed E-state index contributed by atoms with van der Waals surface area (Å²) >= 11 is 0.0312. The smallest absolute Gasteiger partial charge is 0.346 e. The molecule has 0 bridgehead atoms. The molecule has 0 aliphatic rings. The Bertz CT molecular complexity index is 578. The number of thioether (sulfide) groups is 1. The molecule has 0 aliphatic carbocycles. The molecule has 0 amide bonds. The highest BCUT2D eigenvalue weighted by Crippen LogP contribution is 2.30. The second-order valence-corrected chi connectivity index (χ2v) is 6.00. The molecule has 116 valence electrons. The minimum atomic E-state index is -4.16. The molecule has 6 heteroatoms. The largest absolute Gasteiger partial charge is 0.441 e. The third-order valence-electron chi connectivity index (χ3n) is 3.21. The number of aryl methyl sites for hydroxylation is 1. The summed E-state index contributed by atoms with van der Waals surface area (Å²) in [7, 11) is 0. The standard InChI is InChI=1S/C15H19F3N2S/c1-2-7-19-10-12-11-20(8-9-21-15(16,17)18)14-6-4-3-5-13(12)14/h3-6,11,19H,2,7-10H2,1H3. The summed E-state index contributed by atoms with van der Waals surface area (Å²) < 4.78 is 38.6. The van der Waals surface area contributed by atoms with Gasteiger partial charge < -0.3 is 9.88 Å². The van der Waals surface area contributed by atoms with E-state index in [1.165, 1.54) is 0 Å². The molecule has 0 atom stereocenters. The Hall–Kier alpha value is -1.14. The summed E-state index contributed by atoms with van der Waals surface area (Å²) in [5.41, 5.74) is -2.03. The lowest BCUT2D eigenvalue weighted by Gasteiger charge is -2.07. The van der Waals surface area contributed by atoms with Gasteiger partial charge in [0.1, 0.15) is 0 Å². The van der Waals surface area contributed by atoms with Crippen LogP contribution < -0.4 is 5.32 Å². The minimum absolute atomic E-state index is 0.0312. The molecule has 1 aromatic carbocycles. The highest BCUT2D eigenvalue weighted by molar-refractivity contribution is 8.00. The van der Waals surface area contributed by atoms with Gasteiger partial charge in [0, 0.05) is 35.9 Å². The fourth-order valence-corrected chi connectivity index (χ4v) is 2.83. The van der Waals surface area contributed by atoms with Crippen LogP contribution in [0.25, 0.3) is 10.9 Å². The van der Waals surface area contributed by atoms with E-state index in [1.807, 2.05) is 35.0 Å². The van der Waals surface area contributed by atoms with E-state index < -0.39 is 5.51 Å². The van der Waals surface area contributed by atoms with Crippen molar-refractivity contribution < 1.29 is 13.2 Å². The number of alkyl halides is 3. The van der Waals surface area contributed by atoms with Crippen LogP contribution in [-0.4, -0.2) is 22.4 Å². The van der Waals surface area contributed by atoms with Crippen LogP contribution in [0.4, 0.5) is 13.2 Å². The van der Waals surface area contributed by atoms with Gasteiger partial charge in [-0.3, -0.25) is 0 Å². The fourth-order valence-electron chi connectivity index (χ4n) is 2.31. The van der Waals surface area contributed by atoms with Gasteiger partial charge in [-0.25, -0.2) is 0 Å². The van der Waals surface area contributed by atoms with Crippen LogP contribution in [0.3, 0.4) is 0 Å². The maximum Gasteiger partial charge on any atom is 0.441 e. The molecule has 0 unspecified atom stereocenters.